The Hall–Kier alpha value is -1.77. The van der Waals surface area contributed by atoms with Gasteiger partial charge in [-0.1, -0.05) is 6.07 Å². The van der Waals surface area contributed by atoms with Gasteiger partial charge in [-0.05, 0) is 18.2 Å². The number of rotatable bonds is 4. The summed E-state index contributed by atoms with van der Waals surface area (Å²) in [5.41, 5.74) is 0. The van der Waals surface area contributed by atoms with E-state index in [2.05, 4.69) is 20.2 Å². The number of aliphatic imine (C=N–C) groups is 1. The molecule has 1 fully saturated rings. The van der Waals surface area contributed by atoms with Crippen LogP contribution in [0, 0.1) is 0 Å². The van der Waals surface area contributed by atoms with Crippen LogP contribution in [0.15, 0.2) is 52.2 Å². The Kier molecular flexibility index (Phi) is 6.69. The van der Waals surface area contributed by atoms with Crippen molar-refractivity contribution in [2.45, 2.75) is 19.1 Å². The van der Waals surface area contributed by atoms with Crippen molar-refractivity contribution in [3.8, 4) is 5.88 Å². The van der Waals surface area contributed by atoms with Crippen LogP contribution in [0.5, 0.6) is 5.88 Å². The molecule has 0 saturated carbocycles. The maximum atomic E-state index is 5.90. The van der Waals surface area contributed by atoms with Crippen LogP contribution in [-0.4, -0.2) is 42.1 Å². The van der Waals surface area contributed by atoms with E-state index >= 15 is 0 Å². The number of hydrogen-bond donors (Lipinski definition) is 1. The molecule has 0 bridgehead atoms. The summed E-state index contributed by atoms with van der Waals surface area (Å²) in [7, 11) is 1.79. The molecule has 1 atom stereocenters. The van der Waals surface area contributed by atoms with Crippen LogP contribution in [0.2, 0.25) is 0 Å². The van der Waals surface area contributed by atoms with E-state index in [1.165, 1.54) is 0 Å². The van der Waals surface area contributed by atoms with Crippen LogP contribution in [-0.2, 0) is 6.54 Å². The van der Waals surface area contributed by atoms with Crippen LogP contribution in [0.25, 0.3) is 0 Å². The van der Waals surface area contributed by atoms with Crippen molar-refractivity contribution in [1.29, 1.82) is 0 Å². The fourth-order valence-electron chi connectivity index (χ4n) is 2.52. The largest absolute Gasteiger partial charge is 0.472 e. The number of nitrogens with zero attached hydrogens (tertiary/aromatic N) is 3. The highest BCUT2D eigenvalue weighted by Crippen LogP contribution is 2.16. The fourth-order valence-corrected chi connectivity index (χ4v) is 2.52. The Labute approximate surface area is 153 Å². The van der Waals surface area contributed by atoms with Gasteiger partial charge in [-0.15, -0.1) is 24.0 Å². The number of hydrogen-bond acceptors (Lipinski definition) is 4. The average Bonchev–Trinajstić information content (AvgIpc) is 3.21. The maximum Gasteiger partial charge on any atom is 0.213 e. The molecule has 0 spiro atoms. The Bertz CT molecular complexity index is 604. The second kappa shape index (κ2) is 8.76. The van der Waals surface area contributed by atoms with Gasteiger partial charge in [0.25, 0.3) is 0 Å². The molecule has 23 heavy (non-hydrogen) atoms. The molecule has 0 aliphatic carbocycles. The Morgan fingerprint density at radius 1 is 1.43 bits per heavy atom. The van der Waals surface area contributed by atoms with Crippen molar-refractivity contribution in [3.05, 3.63) is 48.6 Å². The zero-order chi connectivity index (χ0) is 15.2. The molecule has 1 unspecified atom stereocenters. The third kappa shape index (κ3) is 4.85. The van der Waals surface area contributed by atoms with E-state index in [9.17, 15) is 0 Å². The zero-order valence-corrected chi connectivity index (χ0v) is 15.3. The normalized spacial score (nSPS) is 17.7. The minimum atomic E-state index is 0. The summed E-state index contributed by atoms with van der Waals surface area (Å²) < 4.78 is 11.2. The van der Waals surface area contributed by atoms with E-state index in [-0.39, 0.29) is 30.1 Å². The van der Waals surface area contributed by atoms with Crippen molar-refractivity contribution in [2.75, 3.05) is 20.1 Å². The van der Waals surface area contributed by atoms with Gasteiger partial charge in [0.1, 0.15) is 11.9 Å². The lowest BCUT2D eigenvalue weighted by atomic mass is 10.3. The lowest BCUT2D eigenvalue weighted by Crippen LogP contribution is -2.40. The molecular formula is C16H21IN4O2. The summed E-state index contributed by atoms with van der Waals surface area (Å²) in [6.07, 6.45) is 4.51. The van der Waals surface area contributed by atoms with Gasteiger partial charge in [-0.2, -0.15) is 0 Å². The van der Waals surface area contributed by atoms with E-state index in [0.29, 0.717) is 12.4 Å². The molecule has 7 heteroatoms. The van der Waals surface area contributed by atoms with E-state index in [4.69, 9.17) is 9.15 Å². The number of nitrogens with one attached hydrogen (secondary N) is 1. The molecule has 1 aliphatic heterocycles. The van der Waals surface area contributed by atoms with Gasteiger partial charge in [0.2, 0.25) is 5.88 Å². The van der Waals surface area contributed by atoms with Gasteiger partial charge in [-0.3, -0.25) is 4.99 Å². The molecule has 0 radical (unpaired) electrons. The number of likely N-dealkylation sites (tertiary alicyclic amines) is 1. The van der Waals surface area contributed by atoms with E-state index in [1.54, 1.807) is 19.5 Å². The lowest BCUT2D eigenvalue weighted by molar-refractivity contribution is 0.205. The van der Waals surface area contributed by atoms with Crippen molar-refractivity contribution >= 4 is 29.9 Å². The predicted molar refractivity (Wildman–Crippen MR) is 99.2 cm³/mol. The lowest BCUT2D eigenvalue weighted by Gasteiger charge is -2.21. The summed E-state index contributed by atoms with van der Waals surface area (Å²) in [5.74, 6) is 2.43. The van der Waals surface area contributed by atoms with Crippen LogP contribution >= 0.6 is 24.0 Å². The number of furan rings is 1. The van der Waals surface area contributed by atoms with Gasteiger partial charge in [0, 0.05) is 32.3 Å². The quantitative estimate of drug-likeness (QED) is 0.461. The van der Waals surface area contributed by atoms with Crippen LogP contribution in [0.4, 0.5) is 0 Å². The van der Waals surface area contributed by atoms with Crippen molar-refractivity contribution in [2.24, 2.45) is 4.99 Å². The molecule has 6 nitrogen and oxygen atoms in total. The molecule has 3 rings (SSSR count). The molecular weight excluding hydrogens is 407 g/mol. The first-order valence-electron chi connectivity index (χ1n) is 7.41. The molecule has 1 N–H and O–H groups in total. The topological polar surface area (TPSA) is 62.9 Å². The standard InChI is InChI=1S/C16H20N4O2.HI/c1-17-16(19-11-13-5-4-10-21-13)20-9-7-14(12-20)22-15-6-2-3-8-18-15;/h2-6,8,10,14H,7,9,11-12H2,1H3,(H,17,19);1H. The van der Waals surface area contributed by atoms with E-state index in [0.717, 1.165) is 31.2 Å². The minimum absolute atomic E-state index is 0. The molecule has 2 aromatic heterocycles. The van der Waals surface area contributed by atoms with Gasteiger partial charge in [0.05, 0.1) is 19.4 Å². The number of pyridine rings is 1. The fraction of sp³-hybridized carbons (Fsp3) is 0.375. The Morgan fingerprint density at radius 3 is 3.04 bits per heavy atom. The van der Waals surface area contributed by atoms with Gasteiger partial charge >= 0.3 is 0 Å². The monoisotopic (exact) mass is 428 g/mol. The predicted octanol–water partition coefficient (Wildman–Crippen LogP) is 2.52. The number of guanidine groups is 1. The Morgan fingerprint density at radius 2 is 2.35 bits per heavy atom. The summed E-state index contributed by atoms with van der Waals surface area (Å²) in [6, 6.07) is 9.52. The molecule has 0 aromatic carbocycles. The molecule has 124 valence electrons. The van der Waals surface area contributed by atoms with Crippen molar-refractivity contribution in [3.63, 3.8) is 0 Å². The number of aromatic nitrogens is 1. The average molecular weight is 428 g/mol. The van der Waals surface area contributed by atoms with Crippen LogP contribution in [0.3, 0.4) is 0 Å². The van der Waals surface area contributed by atoms with Gasteiger partial charge < -0.3 is 19.4 Å². The minimum Gasteiger partial charge on any atom is -0.472 e. The van der Waals surface area contributed by atoms with Crippen molar-refractivity contribution < 1.29 is 9.15 Å². The molecule has 0 amide bonds. The second-order valence-electron chi connectivity index (χ2n) is 5.12. The first kappa shape index (κ1) is 17.6. The zero-order valence-electron chi connectivity index (χ0n) is 13.0. The van der Waals surface area contributed by atoms with Crippen LogP contribution in [0.1, 0.15) is 12.2 Å². The summed E-state index contributed by atoms with van der Waals surface area (Å²) in [5, 5.41) is 3.31. The second-order valence-corrected chi connectivity index (χ2v) is 5.12. The highest BCUT2D eigenvalue weighted by molar-refractivity contribution is 14.0. The summed E-state index contributed by atoms with van der Waals surface area (Å²) in [6.45, 7) is 2.34. The first-order chi connectivity index (χ1) is 10.8. The third-order valence-corrected chi connectivity index (χ3v) is 3.58. The SMILES string of the molecule is CN=C(NCc1ccco1)N1CCC(Oc2ccccn2)C1.I. The number of ether oxygens (including phenoxy) is 1. The third-order valence-electron chi connectivity index (χ3n) is 3.58. The van der Waals surface area contributed by atoms with Crippen molar-refractivity contribution in [1.82, 2.24) is 15.2 Å². The molecule has 1 saturated heterocycles. The first-order valence-corrected chi connectivity index (χ1v) is 7.41. The van der Waals surface area contributed by atoms with E-state index in [1.807, 2.05) is 30.3 Å². The molecule has 3 heterocycles. The van der Waals surface area contributed by atoms with Crippen LogP contribution < -0.4 is 10.1 Å². The maximum absolute atomic E-state index is 5.90. The van der Waals surface area contributed by atoms with Gasteiger partial charge in [-0.25, -0.2) is 4.98 Å². The number of halogens is 1. The highest BCUT2D eigenvalue weighted by atomic mass is 127. The smallest absolute Gasteiger partial charge is 0.213 e. The molecule has 1 aliphatic rings. The molecule has 2 aromatic rings. The highest BCUT2D eigenvalue weighted by Gasteiger charge is 2.26. The summed E-state index contributed by atoms with van der Waals surface area (Å²) in [4.78, 5) is 10.7. The summed E-state index contributed by atoms with van der Waals surface area (Å²) >= 11 is 0. The van der Waals surface area contributed by atoms with E-state index < -0.39 is 0 Å². The van der Waals surface area contributed by atoms with Gasteiger partial charge in [0.15, 0.2) is 5.96 Å². The Balaban J connectivity index is 0.00000192.